The summed E-state index contributed by atoms with van der Waals surface area (Å²) in [5, 5.41) is 3.02. The Kier molecular flexibility index (Phi) is 4.64. The second-order valence-electron chi connectivity index (χ2n) is 6.90. The molecule has 1 aliphatic rings. The second kappa shape index (κ2) is 6.87. The highest BCUT2D eigenvalue weighted by Gasteiger charge is 2.38. The summed E-state index contributed by atoms with van der Waals surface area (Å²) >= 11 is 0. The van der Waals surface area contributed by atoms with Gasteiger partial charge in [-0.3, -0.25) is 0 Å². The van der Waals surface area contributed by atoms with Crippen molar-refractivity contribution in [3.8, 4) is 11.4 Å². The van der Waals surface area contributed by atoms with Gasteiger partial charge in [0.25, 0.3) is 0 Å². The number of hydrogen-bond donors (Lipinski definition) is 0. The molecule has 3 aromatic heterocycles. The predicted octanol–water partition coefficient (Wildman–Crippen LogP) is 3.65. The van der Waals surface area contributed by atoms with E-state index in [1.54, 1.807) is 16.7 Å². The highest BCUT2D eigenvalue weighted by Crippen LogP contribution is 2.30. The van der Waals surface area contributed by atoms with Crippen LogP contribution in [0.1, 0.15) is 43.7 Å². The fourth-order valence-corrected chi connectivity index (χ4v) is 5.29. The van der Waals surface area contributed by atoms with E-state index in [1.807, 2.05) is 0 Å². The molecule has 0 aliphatic heterocycles. The van der Waals surface area contributed by atoms with Crippen LogP contribution in [0.5, 0.6) is 0 Å². The number of pyridine rings is 1. The molecule has 0 saturated heterocycles. The van der Waals surface area contributed by atoms with Crippen LogP contribution in [-0.4, -0.2) is 33.2 Å². The topological polar surface area (TPSA) is 90.4 Å². The molecule has 3 aromatic rings. The summed E-state index contributed by atoms with van der Waals surface area (Å²) in [4.78, 5) is 7.67. The normalized spacial score (nSPS) is 16.7. The number of halogens is 3. The number of sulfone groups is 1. The van der Waals surface area contributed by atoms with E-state index in [0.717, 1.165) is 19.3 Å². The van der Waals surface area contributed by atoms with Crippen molar-refractivity contribution in [2.45, 2.75) is 49.3 Å². The van der Waals surface area contributed by atoms with Gasteiger partial charge >= 0.3 is 12.1 Å². The van der Waals surface area contributed by atoms with Crippen LogP contribution >= 0.6 is 0 Å². The van der Waals surface area contributed by atoms with Crippen molar-refractivity contribution in [1.82, 2.24) is 19.5 Å². The third kappa shape index (κ3) is 3.75. The largest absolute Gasteiger partial charge is 0.471 e. The fraction of sp³-hybridized carbons (Fsp3) is 0.471. The zero-order valence-corrected chi connectivity index (χ0v) is 15.5. The average Bonchev–Trinajstić information content (AvgIpc) is 3.27. The van der Waals surface area contributed by atoms with Crippen LogP contribution in [0.3, 0.4) is 0 Å². The van der Waals surface area contributed by atoms with Crippen molar-refractivity contribution in [3.05, 3.63) is 36.1 Å². The van der Waals surface area contributed by atoms with Gasteiger partial charge in [0.05, 0.1) is 16.7 Å². The number of fused-ring (bicyclic) bond motifs is 1. The Morgan fingerprint density at radius 3 is 2.54 bits per heavy atom. The molecule has 3 heterocycles. The molecule has 1 fully saturated rings. The first kappa shape index (κ1) is 18.9. The van der Waals surface area contributed by atoms with E-state index < -0.39 is 21.9 Å². The van der Waals surface area contributed by atoms with Crippen LogP contribution in [0.25, 0.3) is 17.0 Å². The Hall–Kier alpha value is -2.43. The van der Waals surface area contributed by atoms with Gasteiger partial charge in [0.15, 0.2) is 9.84 Å². The molecule has 0 unspecified atom stereocenters. The van der Waals surface area contributed by atoms with Gasteiger partial charge in [-0.05, 0) is 25.0 Å². The summed E-state index contributed by atoms with van der Waals surface area (Å²) in [6.07, 6.45) is 2.60. The Morgan fingerprint density at radius 1 is 1.11 bits per heavy atom. The molecule has 7 nitrogen and oxygen atoms in total. The van der Waals surface area contributed by atoms with Gasteiger partial charge in [-0.1, -0.05) is 24.4 Å². The van der Waals surface area contributed by atoms with Gasteiger partial charge in [0.1, 0.15) is 5.65 Å². The zero-order valence-electron chi connectivity index (χ0n) is 14.7. The van der Waals surface area contributed by atoms with Crippen LogP contribution in [0.15, 0.2) is 29.0 Å². The van der Waals surface area contributed by atoms with Crippen molar-refractivity contribution >= 4 is 15.5 Å². The van der Waals surface area contributed by atoms with E-state index >= 15 is 0 Å². The predicted molar refractivity (Wildman–Crippen MR) is 93.0 cm³/mol. The monoisotopic (exact) mass is 414 g/mol. The van der Waals surface area contributed by atoms with Gasteiger partial charge < -0.3 is 8.92 Å². The lowest BCUT2D eigenvalue weighted by Gasteiger charge is -2.21. The number of aromatic nitrogens is 4. The smallest absolute Gasteiger partial charge is 0.329 e. The molecule has 1 saturated carbocycles. The minimum absolute atomic E-state index is 0.158. The molecule has 0 aromatic carbocycles. The lowest BCUT2D eigenvalue weighted by atomic mass is 10.0. The van der Waals surface area contributed by atoms with E-state index in [0.29, 0.717) is 29.7 Å². The van der Waals surface area contributed by atoms with Gasteiger partial charge in [0.2, 0.25) is 5.82 Å². The molecule has 0 N–H and O–H groups in total. The van der Waals surface area contributed by atoms with Crippen molar-refractivity contribution in [2.24, 2.45) is 0 Å². The van der Waals surface area contributed by atoms with Gasteiger partial charge in [0, 0.05) is 18.0 Å². The van der Waals surface area contributed by atoms with Crippen LogP contribution < -0.4 is 0 Å². The summed E-state index contributed by atoms with van der Waals surface area (Å²) in [6, 6.07) is 3.07. The van der Waals surface area contributed by atoms with Crippen molar-refractivity contribution in [2.75, 3.05) is 0 Å². The third-order valence-corrected chi connectivity index (χ3v) is 7.02. The summed E-state index contributed by atoms with van der Waals surface area (Å²) in [7, 11) is -3.30. The lowest BCUT2D eigenvalue weighted by Crippen LogP contribution is -2.25. The average molecular weight is 414 g/mol. The summed E-state index contributed by atoms with van der Waals surface area (Å²) in [6.45, 7) is 0. The molecule has 11 heteroatoms. The van der Waals surface area contributed by atoms with Crippen molar-refractivity contribution < 1.29 is 26.1 Å². The zero-order chi connectivity index (χ0) is 19.9. The summed E-state index contributed by atoms with van der Waals surface area (Å²) < 4.78 is 68.9. The Bertz CT molecular complexity index is 1100. The van der Waals surface area contributed by atoms with Gasteiger partial charge in [-0.15, -0.1) is 0 Å². The molecule has 1 aliphatic carbocycles. The number of nitrogens with zero attached hydrogens (tertiary/aromatic N) is 4. The molecular formula is C17H17F3N4O3S. The second-order valence-corrected chi connectivity index (χ2v) is 9.18. The maximum Gasteiger partial charge on any atom is 0.471 e. The van der Waals surface area contributed by atoms with E-state index in [-0.39, 0.29) is 16.8 Å². The van der Waals surface area contributed by atoms with Crippen LogP contribution in [0.2, 0.25) is 0 Å². The molecule has 0 spiro atoms. The Balaban J connectivity index is 1.59. The highest BCUT2D eigenvalue weighted by molar-refractivity contribution is 7.91. The summed E-state index contributed by atoms with van der Waals surface area (Å²) in [5.74, 6) is -1.79. The first-order chi connectivity index (χ1) is 13.2. The van der Waals surface area contributed by atoms with E-state index in [2.05, 4.69) is 19.6 Å². The number of imidazole rings is 1. The number of rotatable bonds is 4. The minimum atomic E-state index is -4.72. The number of alkyl halides is 3. The molecule has 0 radical (unpaired) electrons. The molecule has 0 atom stereocenters. The lowest BCUT2D eigenvalue weighted by molar-refractivity contribution is -0.159. The van der Waals surface area contributed by atoms with Crippen LogP contribution in [-0.2, 0) is 21.8 Å². The molecule has 28 heavy (non-hydrogen) atoms. The minimum Gasteiger partial charge on any atom is -0.329 e. The highest BCUT2D eigenvalue weighted by atomic mass is 32.2. The number of hydrogen-bond acceptors (Lipinski definition) is 6. The molecule has 0 amide bonds. The molecule has 0 bridgehead atoms. The third-order valence-electron chi connectivity index (χ3n) is 4.84. The van der Waals surface area contributed by atoms with E-state index in [9.17, 15) is 21.6 Å². The maximum atomic E-state index is 12.6. The molecule has 150 valence electrons. The van der Waals surface area contributed by atoms with E-state index in [4.69, 9.17) is 0 Å². The first-order valence-corrected chi connectivity index (χ1v) is 10.5. The van der Waals surface area contributed by atoms with Crippen molar-refractivity contribution in [1.29, 1.82) is 0 Å². The SMILES string of the molecule is O=S(=O)(Cc1cn2cc(-c3noc(C(F)(F)F)n3)ccc2n1)C1CCCCC1. The van der Waals surface area contributed by atoms with Crippen LogP contribution in [0.4, 0.5) is 13.2 Å². The quantitative estimate of drug-likeness (QED) is 0.647. The maximum absolute atomic E-state index is 12.6. The first-order valence-electron chi connectivity index (χ1n) is 8.83. The fourth-order valence-electron chi connectivity index (χ4n) is 3.45. The van der Waals surface area contributed by atoms with Crippen molar-refractivity contribution in [3.63, 3.8) is 0 Å². The van der Waals surface area contributed by atoms with Gasteiger partial charge in [-0.2, -0.15) is 18.2 Å². The van der Waals surface area contributed by atoms with Crippen LogP contribution in [0, 0.1) is 0 Å². The Labute approximate surface area is 158 Å². The molecular weight excluding hydrogens is 397 g/mol. The summed E-state index contributed by atoms with van der Waals surface area (Å²) in [5.41, 5.74) is 1.18. The van der Waals surface area contributed by atoms with Gasteiger partial charge in [-0.25, -0.2) is 13.4 Å². The standard InChI is InChI=1S/C17H17F3N4O3S/c18-17(19,20)16-22-15(23-27-16)11-6-7-14-21-12(9-24(14)8-11)10-28(25,26)13-4-2-1-3-5-13/h6-9,13H,1-5,10H2. The van der Waals surface area contributed by atoms with E-state index in [1.165, 1.54) is 12.3 Å². The Morgan fingerprint density at radius 2 is 1.86 bits per heavy atom. The molecule has 4 rings (SSSR count).